The average molecular weight is 520 g/mol. The van der Waals surface area contributed by atoms with Gasteiger partial charge in [0.25, 0.3) is 5.69 Å². The number of non-ortho nitro benzene ring substituents is 1. The summed E-state index contributed by atoms with van der Waals surface area (Å²) in [7, 11) is 1.34. The van der Waals surface area contributed by atoms with E-state index in [4.69, 9.17) is 9.47 Å². The molecule has 38 heavy (non-hydrogen) atoms. The van der Waals surface area contributed by atoms with E-state index in [0.717, 1.165) is 0 Å². The lowest BCUT2D eigenvalue weighted by atomic mass is 9.78. The Hall–Kier alpha value is -4.54. The van der Waals surface area contributed by atoms with Crippen molar-refractivity contribution >= 4 is 40.8 Å². The number of benzene rings is 2. The maximum atomic E-state index is 13.0. The van der Waals surface area contributed by atoms with Crippen LogP contribution in [0.4, 0.5) is 17.1 Å². The van der Waals surface area contributed by atoms with Crippen LogP contribution in [-0.2, 0) is 19.2 Å². The van der Waals surface area contributed by atoms with Gasteiger partial charge in [-0.3, -0.25) is 34.2 Å². The van der Waals surface area contributed by atoms with Crippen molar-refractivity contribution in [1.82, 2.24) is 0 Å². The first-order valence-corrected chi connectivity index (χ1v) is 12.2. The van der Waals surface area contributed by atoms with E-state index in [0.29, 0.717) is 17.8 Å². The third-order valence-electron chi connectivity index (χ3n) is 7.31. The summed E-state index contributed by atoms with van der Waals surface area (Å²) in [5, 5.41) is 11.1. The Bertz CT molecular complexity index is 1370. The monoisotopic (exact) mass is 519 g/mol. The fraction of sp³-hybridized carbons (Fsp3) is 0.333. The number of rotatable bonds is 6. The SMILES string of the molecule is COc1cc([N+](=O)[O-])ccc1N1C[C@H](C(=O)Oc2ccc(N3C(=O)[C@H]4[C@H](C)C=CC[C@H]4C3=O)cc2)CC1=O. The highest BCUT2D eigenvalue weighted by Crippen LogP contribution is 2.41. The van der Waals surface area contributed by atoms with Crippen LogP contribution in [0.1, 0.15) is 19.8 Å². The summed E-state index contributed by atoms with van der Waals surface area (Å²) in [4.78, 5) is 64.4. The number of nitro benzene ring substituents is 1. The summed E-state index contributed by atoms with van der Waals surface area (Å²) in [5.74, 6) is -2.58. The van der Waals surface area contributed by atoms with Crippen molar-refractivity contribution in [3.05, 3.63) is 64.7 Å². The molecule has 1 aliphatic carbocycles. The fourth-order valence-electron chi connectivity index (χ4n) is 5.37. The van der Waals surface area contributed by atoms with Gasteiger partial charge in [-0.1, -0.05) is 19.1 Å². The molecule has 196 valence electrons. The number of amides is 3. The number of imide groups is 1. The zero-order valence-electron chi connectivity index (χ0n) is 20.7. The number of fused-ring (bicyclic) bond motifs is 1. The quantitative estimate of drug-likeness (QED) is 0.142. The first kappa shape index (κ1) is 25.1. The van der Waals surface area contributed by atoms with Gasteiger partial charge in [0.2, 0.25) is 17.7 Å². The average Bonchev–Trinajstić information content (AvgIpc) is 3.41. The molecule has 0 saturated carbocycles. The molecule has 0 bridgehead atoms. The number of carbonyl (C=O) groups is 4. The lowest BCUT2D eigenvalue weighted by Gasteiger charge is -2.22. The topological polar surface area (TPSA) is 136 Å². The Morgan fingerprint density at radius 1 is 1.08 bits per heavy atom. The number of anilines is 2. The number of esters is 1. The molecule has 2 saturated heterocycles. The van der Waals surface area contributed by atoms with Crippen molar-refractivity contribution in [2.45, 2.75) is 19.8 Å². The van der Waals surface area contributed by atoms with Crippen molar-refractivity contribution in [3.63, 3.8) is 0 Å². The number of methoxy groups -OCH3 is 1. The lowest BCUT2D eigenvalue weighted by Crippen LogP contribution is -2.31. The molecule has 5 rings (SSSR count). The summed E-state index contributed by atoms with van der Waals surface area (Å²) in [5.41, 5.74) is 0.556. The number of allylic oxidation sites excluding steroid dienone is 2. The zero-order chi connectivity index (χ0) is 27.1. The molecule has 11 heteroatoms. The molecule has 2 aliphatic heterocycles. The van der Waals surface area contributed by atoms with Gasteiger partial charge in [0.15, 0.2) is 0 Å². The second kappa shape index (κ2) is 9.73. The number of nitrogens with zero attached hydrogens (tertiary/aromatic N) is 3. The Morgan fingerprint density at radius 2 is 1.82 bits per heavy atom. The van der Waals surface area contributed by atoms with E-state index in [2.05, 4.69) is 0 Å². The molecular weight excluding hydrogens is 494 g/mol. The number of hydrogen-bond acceptors (Lipinski definition) is 8. The molecule has 11 nitrogen and oxygen atoms in total. The van der Waals surface area contributed by atoms with Crippen molar-refractivity contribution in [2.24, 2.45) is 23.7 Å². The van der Waals surface area contributed by atoms with Crippen molar-refractivity contribution in [3.8, 4) is 11.5 Å². The van der Waals surface area contributed by atoms with E-state index < -0.39 is 16.8 Å². The Balaban J connectivity index is 1.26. The van der Waals surface area contributed by atoms with Crippen molar-refractivity contribution in [1.29, 1.82) is 0 Å². The molecule has 2 heterocycles. The molecule has 0 aromatic heterocycles. The molecule has 4 atom stereocenters. The van der Waals surface area contributed by atoms with Crippen LogP contribution in [0.5, 0.6) is 11.5 Å². The second-order valence-electron chi connectivity index (χ2n) is 9.60. The van der Waals surface area contributed by atoms with Gasteiger partial charge < -0.3 is 14.4 Å². The normalized spacial score (nSPS) is 24.5. The van der Waals surface area contributed by atoms with E-state index in [1.165, 1.54) is 47.2 Å². The third-order valence-corrected chi connectivity index (χ3v) is 7.31. The van der Waals surface area contributed by atoms with Gasteiger partial charge >= 0.3 is 5.97 Å². The number of hydrogen-bond donors (Lipinski definition) is 0. The van der Waals surface area contributed by atoms with Crippen LogP contribution in [0.15, 0.2) is 54.6 Å². The summed E-state index contributed by atoms with van der Waals surface area (Å²) in [6, 6.07) is 10.0. The minimum atomic E-state index is -0.763. The number of carbonyl (C=O) groups excluding carboxylic acids is 4. The van der Waals surface area contributed by atoms with Crippen LogP contribution in [0, 0.1) is 33.8 Å². The molecule has 0 spiro atoms. The Kier molecular flexibility index (Phi) is 6.43. The zero-order valence-corrected chi connectivity index (χ0v) is 20.7. The molecule has 3 amide bonds. The van der Waals surface area contributed by atoms with E-state index in [-0.39, 0.29) is 65.6 Å². The predicted molar refractivity (Wildman–Crippen MR) is 135 cm³/mol. The highest BCUT2D eigenvalue weighted by atomic mass is 16.6. The maximum Gasteiger partial charge on any atom is 0.316 e. The fourth-order valence-corrected chi connectivity index (χ4v) is 5.37. The molecule has 2 aromatic rings. The minimum Gasteiger partial charge on any atom is -0.494 e. The largest absolute Gasteiger partial charge is 0.494 e. The van der Waals surface area contributed by atoms with Crippen LogP contribution in [-0.4, -0.2) is 42.3 Å². The van der Waals surface area contributed by atoms with Crippen molar-refractivity contribution in [2.75, 3.05) is 23.5 Å². The van der Waals surface area contributed by atoms with Gasteiger partial charge in [-0.15, -0.1) is 0 Å². The Labute approximate surface area is 217 Å². The van der Waals surface area contributed by atoms with Crippen LogP contribution < -0.4 is 19.3 Å². The lowest BCUT2D eigenvalue weighted by molar-refractivity contribution is -0.384. The molecule has 0 radical (unpaired) electrons. The number of nitro groups is 1. The van der Waals surface area contributed by atoms with Gasteiger partial charge in [0, 0.05) is 19.0 Å². The van der Waals surface area contributed by atoms with Gasteiger partial charge in [-0.2, -0.15) is 0 Å². The van der Waals surface area contributed by atoms with E-state index in [1.54, 1.807) is 12.1 Å². The standard InChI is InChI=1S/C27H25N3O8/c1-15-4-3-5-20-24(15)26(33)29(25(20)32)17-6-9-19(10-7-17)38-27(34)16-12-23(31)28(14-16)21-11-8-18(30(35)36)13-22(21)37-2/h3-4,6-11,13,15-16,20,24H,5,12,14H2,1-2H3/t15-,16-,20-,24+/m1/s1. The van der Waals surface area contributed by atoms with Gasteiger partial charge in [0.1, 0.15) is 11.5 Å². The summed E-state index contributed by atoms with van der Waals surface area (Å²) in [6.07, 6.45) is 4.35. The molecule has 0 N–H and O–H groups in total. The predicted octanol–water partition coefficient (Wildman–Crippen LogP) is 3.26. The van der Waals surface area contributed by atoms with Gasteiger partial charge in [-0.25, -0.2) is 0 Å². The minimum absolute atomic E-state index is 0.0184. The van der Waals surface area contributed by atoms with Crippen molar-refractivity contribution < 1.29 is 33.6 Å². The number of ether oxygens (including phenoxy) is 2. The molecule has 2 aromatic carbocycles. The molecule has 2 fully saturated rings. The van der Waals surface area contributed by atoms with E-state index >= 15 is 0 Å². The van der Waals surface area contributed by atoms with Gasteiger partial charge in [-0.05, 0) is 42.7 Å². The van der Waals surface area contributed by atoms with Crippen LogP contribution in [0.25, 0.3) is 0 Å². The highest BCUT2D eigenvalue weighted by molar-refractivity contribution is 6.22. The summed E-state index contributed by atoms with van der Waals surface area (Å²) >= 11 is 0. The highest BCUT2D eigenvalue weighted by Gasteiger charge is 2.50. The summed E-state index contributed by atoms with van der Waals surface area (Å²) in [6.45, 7) is 1.95. The summed E-state index contributed by atoms with van der Waals surface area (Å²) < 4.78 is 10.7. The third kappa shape index (κ3) is 4.29. The second-order valence-corrected chi connectivity index (χ2v) is 9.60. The first-order valence-electron chi connectivity index (χ1n) is 12.2. The smallest absolute Gasteiger partial charge is 0.316 e. The van der Waals surface area contributed by atoms with Gasteiger partial charge in [0.05, 0.1) is 47.2 Å². The van der Waals surface area contributed by atoms with Crippen LogP contribution >= 0.6 is 0 Å². The van der Waals surface area contributed by atoms with Crippen LogP contribution in [0.2, 0.25) is 0 Å². The molecule has 3 aliphatic rings. The van der Waals surface area contributed by atoms with E-state index in [9.17, 15) is 29.3 Å². The molecular formula is C27H25N3O8. The molecule has 0 unspecified atom stereocenters. The van der Waals surface area contributed by atoms with Crippen LogP contribution in [0.3, 0.4) is 0 Å². The maximum absolute atomic E-state index is 13.0. The van der Waals surface area contributed by atoms with E-state index in [1.807, 2.05) is 19.1 Å². The Morgan fingerprint density at radius 3 is 2.47 bits per heavy atom. The first-order chi connectivity index (χ1) is 18.2.